The smallest absolute Gasteiger partial charge is 0.503 e. The van der Waals surface area contributed by atoms with Crippen LogP contribution in [0, 0.1) is 0 Å². The van der Waals surface area contributed by atoms with Crippen molar-refractivity contribution in [3.63, 3.8) is 0 Å². The third-order valence-corrected chi connectivity index (χ3v) is 10.1. The van der Waals surface area contributed by atoms with Crippen molar-refractivity contribution in [2.75, 3.05) is 27.9 Å². The Kier molecular flexibility index (Phi) is 6.35. The molecule has 0 aliphatic carbocycles. The summed E-state index contributed by atoms with van der Waals surface area (Å²) in [5.74, 6) is 1.62. The Morgan fingerprint density at radius 3 is 2.37 bits per heavy atom. The Morgan fingerprint density at radius 1 is 1.00 bits per heavy atom. The van der Waals surface area contributed by atoms with E-state index >= 15 is 0 Å². The standard InChI is InChI=1S/C19H26O6Si2/c1-20-27(21-2,22-3)13-12-23-17-10-11-19-16(14-17)15-24-26(4,25-19)18-8-6-5-7-9-18/h5-11,14H,12-13,15H2,1-4H3. The Morgan fingerprint density at radius 2 is 1.70 bits per heavy atom. The molecule has 0 bridgehead atoms. The summed E-state index contributed by atoms with van der Waals surface area (Å²) < 4.78 is 34.5. The van der Waals surface area contributed by atoms with Crippen LogP contribution >= 0.6 is 0 Å². The molecular weight excluding hydrogens is 380 g/mol. The lowest BCUT2D eigenvalue weighted by atomic mass is 10.2. The van der Waals surface area contributed by atoms with Gasteiger partial charge in [-0.1, -0.05) is 30.3 Å². The minimum Gasteiger partial charge on any atom is -0.517 e. The van der Waals surface area contributed by atoms with E-state index in [4.69, 9.17) is 26.9 Å². The lowest BCUT2D eigenvalue weighted by molar-refractivity contribution is 0.117. The fourth-order valence-electron chi connectivity index (χ4n) is 3.05. The highest BCUT2D eigenvalue weighted by molar-refractivity contribution is 6.80. The molecule has 1 aliphatic heterocycles. The summed E-state index contributed by atoms with van der Waals surface area (Å²) >= 11 is 0. The lowest BCUT2D eigenvalue weighted by Gasteiger charge is -2.33. The van der Waals surface area contributed by atoms with Crippen molar-refractivity contribution >= 4 is 22.6 Å². The largest absolute Gasteiger partial charge is 0.517 e. The number of rotatable bonds is 8. The van der Waals surface area contributed by atoms with Gasteiger partial charge in [-0.15, -0.1) is 0 Å². The van der Waals surface area contributed by atoms with Gasteiger partial charge in [0.2, 0.25) is 0 Å². The summed E-state index contributed by atoms with van der Waals surface area (Å²) in [6.45, 7) is 3.02. The molecule has 0 saturated carbocycles. The molecule has 0 spiro atoms. The van der Waals surface area contributed by atoms with E-state index in [2.05, 4.69) is 18.7 Å². The van der Waals surface area contributed by atoms with Crippen molar-refractivity contribution in [1.82, 2.24) is 0 Å². The van der Waals surface area contributed by atoms with Crippen LogP contribution in [0.25, 0.3) is 0 Å². The van der Waals surface area contributed by atoms with Crippen LogP contribution in [0.4, 0.5) is 0 Å². The molecule has 0 amide bonds. The van der Waals surface area contributed by atoms with E-state index in [-0.39, 0.29) is 0 Å². The number of hydrogen-bond donors (Lipinski definition) is 0. The molecule has 2 aromatic rings. The molecule has 3 rings (SSSR count). The quantitative estimate of drug-likeness (QED) is 0.629. The topological polar surface area (TPSA) is 55.4 Å². The Balaban J connectivity index is 1.65. The molecule has 1 aliphatic rings. The van der Waals surface area contributed by atoms with Crippen molar-refractivity contribution in [3.05, 3.63) is 54.1 Å². The molecule has 8 heteroatoms. The van der Waals surface area contributed by atoms with Crippen LogP contribution in [0.1, 0.15) is 5.56 Å². The van der Waals surface area contributed by atoms with E-state index < -0.39 is 17.4 Å². The second-order valence-corrected chi connectivity index (χ2v) is 12.4. The van der Waals surface area contributed by atoms with Crippen LogP contribution in [0.5, 0.6) is 11.5 Å². The first kappa shape index (κ1) is 20.1. The van der Waals surface area contributed by atoms with Gasteiger partial charge in [-0.25, -0.2) is 0 Å². The van der Waals surface area contributed by atoms with E-state index in [1.807, 2.05) is 36.4 Å². The maximum atomic E-state index is 6.28. The van der Waals surface area contributed by atoms with Gasteiger partial charge < -0.3 is 26.9 Å². The third kappa shape index (κ3) is 4.42. The van der Waals surface area contributed by atoms with Crippen LogP contribution in [-0.2, 0) is 24.3 Å². The maximum absolute atomic E-state index is 6.28. The molecule has 27 heavy (non-hydrogen) atoms. The zero-order chi connectivity index (χ0) is 19.3. The highest BCUT2D eigenvalue weighted by Crippen LogP contribution is 2.32. The summed E-state index contributed by atoms with van der Waals surface area (Å²) in [5.41, 5.74) is 0.988. The molecule has 1 atom stereocenters. The third-order valence-electron chi connectivity index (χ3n) is 4.75. The second-order valence-electron chi connectivity index (χ2n) is 6.37. The van der Waals surface area contributed by atoms with Crippen LogP contribution < -0.4 is 14.3 Å². The van der Waals surface area contributed by atoms with Crippen molar-refractivity contribution < 1.29 is 26.9 Å². The van der Waals surface area contributed by atoms with Crippen molar-refractivity contribution in [3.8, 4) is 11.5 Å². The van der Waals surface area contributed by atoms with Gasteiger partial charge in [-0.2, -0.15) is 0 Å². The fourth-order valence-corrected chi connectivity index (χ4v) is 6.70. The molecule has 1 unspecified atom stereocenters. The Hall–Kier alpha value is -1.69. The van der Waals surface area contributed by atoms with Gasteiger partial charge >= 0.3 is 17.4 Å². The number of hydrogen-bond acceptors (Lipinski definition) is 6. The van der Waals surface area contributed by atoms with Crippen molar-refractivity contribution in [2.45, 2.75) is 19.2 Å². The molecule has 6 nitrogen and oxygen atoms in total. The molecule has 0 aromatic heterocycles. The average Bonchev–Trinajstić information content (AvgIpc) is 2.72. The summed E-state index contributed by atoms with van der Waals surface area (Å²) in [6.07, 6.45) is 0. The molecule has 2 aromatic carbocycles. The number of ether oxygens (including phenoxy) is 1. The molecule has 0 N–H and O–H groups in total. The molecule has 1 heterocycles. The van der Waals surface area contributed by atoms with Crippen molar-refractivity contribution in [1.29, 1.82) is 0 Å². The SMILES string of the molecule is CO[Si](CCOc1ccc2c(c1)CO[Si](C)(c1ccccc1)O2)(OC)OC. The summed E-state index contributed by atoms with van der Waals surface area (Å²) in [4.78, 5) is 0. The highest BCUT2D eigenvalue weighted by atomic mass is 28.4. The normalized spacial score (nSPS) is 19.3. The molecule has 146 valence electrons. The maximum Gasteiger partial charge on any atom is 0.503 e. The van der Waals surface area contributed by atoms with Gasteiger partial charge in [0, 0.05) is 32.1 Å². The fraction of sp³-hybridized carbons (Fsp3) is 0.368. The first-order chi connectivity index (χ1) is 13.0. The predicted octanol–water partition coefficient (Wildman–Crippen LogP) is 2.83. The van der Waals surface area contributed by atoms with E-state index in [0.29, 0.717) is 19.3 Å². The van der Waals surface area contributed by atoms with Crippen molar-refractivity contribution in [2.24, 2.45) is 0 Å². The molecule has 0 fully saturated rings. The molecular formula is C19H26O6Si2. The van der Waals surface area contributed by atoms with Gasteiger partial charge in [-0.05, 0) is 24.7 Å². The van der Waals surface area contributed by atoms with Crippen LogP contribution in [0.2, 0.25) is 12.6 Å². The van der Waals surface area contributed by atoms with Crippen LogP contribution in [0.3, 0.4) is 0 Å². The van der Waals surface area contributed by atoms with Gasteiger partial charge in [0.1, 0.15) is 11.5 Å². The predicted molar refractivity (Wildman–Crippen MR) is 107 cm³/mol. The first-order valence-corrected chi connectivity index (χ1v) is 13.1. The van der Waals surface area contributed by atoms with Gasteiger partial charge in [-0.3, -0.25) is 0 Å². The first-order valence-electron chi connectivity index (χ1n) is 8.84. The van der Waals surface area contributed by atoms with E-state index in [0.717, 1.165) is 22.2 Å². The lowest BCUT2D eigenvalue weighted by Crippen LogP contribution is -2.55. The van der Waals surface area contributed by atoms with Gasteiger partial charge in [0.05, 0.1) is 19.3 Å². The zero-order valence-corrected chi connectivity index (χ0v) is 18.2. The summed E-state index contributed by atoms with van der Waals surface area (Å²) in [5, 5.41) is 1.12. The molecule has 0 saturated heterocycles. The monoisotopic (exact) mass is 406 g/mol. The van der Waals surface area contributed by atoms with Gasteiger partial charge in [0.15, 0.2) is 0 Å². The van der Waals surface area contributed by atoms with Gasteiger partial charge in [0.25, 0.3) is 0 Å². The van der Waals surface area contributed by atoms with E-state index in [9.17, 15) is 0 Å². The Labute approximate surface area is 162 Å². The number of benzene rings is 2. The zero-order valence-electron chi connectivity index (χ0n) is 16.2. The summed E-state index contributed by atoms with van der Waals surface area (Å²) in [6, 6.07) is 16.5. The Bertz CT molecular complexity index is 745. The van der Waals surface area contributed by atoms with Crippen LogP contribution in [0.15, 0.2) is 48.5 Å². The van der Waals surface area contributed by atoms with Crippen LogP contribution in [-0.4, -0.2) is 45.3 Å². The number of fused-ring (bicyclic) bond motifs is 1. The molecule has 0 radical (unpaired) electrons. The van der Waals surface area contributed by atoms with E-state index in [1.54, 1.807) is 21.3 Å². The average molecular weight is 407 g/mol. The second kappa shape index (κ2) is 8.55. The minimum absolute atomic E-state index is 0.443. The summed E-state index contributed by atoms with van der Waals surface area (Å²) in [7, 11) is -0.263. The minimum atomic E-state index is -2.63. The highest BCUT2D eigenvalue weighted by Gasteiger charge is 2.40. The van der Waals surface area contributed by atoms with E-state index in [1.165, 1.54) is 0 Å².